The van der Waals surface area contributed by atoms with Crippen LogP contribution < -0.4 is 4.90 Å². The van der Waals surface area contributed by atoms with Gasteiger partial charge in [0.25, 0.3) is 0 Å². The van der Waals surface area contributed by atoms with Gasteiger partial charge in [-0.25, -0.2) is 4.98 Å². The Hall–Kier alpha value is -1.20. The molecule has 0 atom stereocenters. The monoisotopic (exact) mass is 238 g/mol. The standard InChI is InChI=1S/C10H10N2OS2/c1-12(4-8-6-14-7-11-8)10-3-2-9(5-13)15-10/h2-3,5-7H,4H2,1H3. The van der Waals surface area contributed by atoms with Crippen molar-refractivity contribution in [2.24, 2.45) is 0 Å². The van der Waals surface area contributed by atoms with Crippen molar-refractivity contribution in [1.29, 1.82) is 0 Å². The summed E-state index contributed by atoms with van der Waals surface area (Å²) < 4.78 is 0. The zero-order valence-corrected chi connectivity index (χ0v) is 9.85. The first-order valence-electron chi connectivity index (χ1n) is 4.43. The molecule has 0 radical (unpaired) electrons. The number of nitrogens with zero attached hydrogens (tertiary/aromatic N) is 2. The average molecular weight is 238 g/mol. The maximum atomic E-state index is 10.5. The minimum absolute atomic E-state index is 0.759. The Morgan fingerprint density at radius 2 is 2.40 bits per heavy atom. The summed E-state index contributed by atoms with van der Waals surface area (Å²) in [6, 6.07) is 3.80. The number of thiophene rings is 1. The van der Waals surface area contributed by atoms with Gasteiger partial charge in [-0.2, -0.15) is 0 Å². The topological polar surface area (TPSA) is 33.2 Å². The zero-order chi connectivity index (χ0) is 10.7. The second kappa shape index (κ2) is 4.55. The summed E-state index contributed by atoms with van der Waals surface area (Å²) in [5.41, 5.74) is 2.89. The first-order valence-corrected chi connectivity index (χ1v) is 6.19. The lowest BCUT2D eigenvalue weighted by atomic mass is 10.4. The summed E-state index contributed by atoms with van der Waals surface area (Å²) >= 11 is 3.09. The van der Waals surface area contributed by atoms with Gasteiger partial charge in [0.05, 0.1) is 27.6 Å². The molecule has 0 saturated heterocycles. The molecular formula is C10H10N2OS2. The smallest absolute Gasteiger partial charge is 0.160 e. The maximum absolute atomic E-state index is 10.5. The van der Waals surface area contributed by atoms with Crippen LogP contribution in [0.3, 0.4) is 0 Å². The normalized spacial score (nSPS) is 10.2. The molecule has 0 saturated carbocycles. The van der Waals surface area contributed by atoms with Gasteiger partial charge in [-0.1, -0.05) is 0 Å². The van der Waals surface area contributed by atoms with Gasteiger partial charge in [0.1, 0.15) is 0 Å². The van der Waals surface area contributed by atoms with E-state index in [4.69, 9.17) is 0 Å². The molecule has 2 aromatic rings. The van der Waals surface area contributed by atoms with E-state index < -0.39 is 0 Å². The van der Waals surface area contributed by atoms with Crippen LogP contribution >= 0.6 is 22.7 Å². The Balaban J connectivity index is 2.07. The van der Waals surface area contributed by atoms with Crippen LogP contribution in [0.25, 0.3) is 0 Å². The lowest BCUT2D eigenvalue weighted by molar-refractivity contribution is 0.112. The van der Waals surface area contributed by atoms with Crippen molar-refractivity contribution in [3.05, 3.63) is 33.6 Å². The molecule has 2 aromatic heterocycles. The number of anilines is 1. The van der Waals surface area contributed by atoms with Crippen LogP contribution in [-0.2, 0) is 6.54 Å². The van der Waals surface area contributed by atoms with Crippen molar-refractivity contribution in [2.75, 3.05) is 11.9 Å². The molecule has 15 heavy (non-hydrogen) atoms. The predicted molar refractivity (Wildman–Crippen MR) is 63.9 cm³/mol. The number of aldehydes is 1. The van der Waals surface area contributed by atoms with Gasteiger partial charge >= 0.3 is 0 Å². The SMILES string of the molecule is CN(Cc1cscn1)c1ccc(C=O)s1. The molecule has 0 aliphatic carbocycles. The Morgan fingerprint density at radius 1 is 1.53 bits per heavy atom. The first-order chi connectivity index (χ1) is 7.29. The minimum atomic E-state index is 0.759. The summed E-state index contributed by atoms with van der Waals surface area (Å²) in [7, 11) is 2.00. The Labute approximate surface area is 96.0 Å². The molecule has 0 aliphatic heterocycles. The largest absolute Gasteiger partial charge is 0.361 e. The number of hydrogen-bond donors (Lipinski definition) is 0. The molecule has 5 heteroatoms. The third-order valence-electron chi connectivity index (χ3n) is 1.99. The summed E-state index contributed by atoms with van der Waals surface area (Å²) in [5, 5.41) is 3.12. The van der Waals surface area contributed by atoms with Crippen molar-refractivity contribution >= 4 is 34.0 Å². The third kappa shape index (κ3) is 2.43. The molecule has 0 amide bonds. The van der Waals surface area contributed by atoms with Crippen molar-refractivity contribution < 1.29 is 4.79 Å². The van der Waals surface area contributed by atoms with Crippen LogP contribution in [0.1, 0.15) is 15.4 Å². The maximum Gasteiger partial charge on any atom is 0.160 e. The highest BCUT2D eigenvalue weighted by Crippen LogP contribution is 2.24. The zero-order valence-electron chi connectivity index (χ0n) is 8.21. The summed E-state index contributed by atoms with van der Waals surface area (Å²) in [5.74, 6) is 0. The third-order valence-corrected chi connectivity index (χ3v) is 3.75. The van der Waals surface area contributed by atoms with Crippen molar-refractivity contribution in [2.45, 2.75) is 6.54 Å². The highest BCUT2D eigenvalue weighted by atomic mass is 32.1. The second-order valence-electron chi connectivity index (χ2n) is 3.13. The summed E-state index contributed by atoms with van der Waals surface area (Å²) in [4.78, 5) is 17.6. The Morgan fingerprint density at radius 3 is 3.00 bits per heavy atom. The molecule has 78 valence electrons. The molecule has 2 heterocycles. The van der Waals surface area contributed by atoms with Crippen molar-refractivity contribution in [3.63, 3.8) is 0 Å². The van der Waals surface area contributed by atoms with Crippen LogP contribution in [0.15, 0.2) is 23.0 Å². The summed E-state index contributed by atoms with van der Waals surface area (Å²) in [6.45, 7) is 0.780. The van der Waals surface area contributed by atoms with Crippen LogP contribution in [0.5, 0.6) is 0 Å². The Kier molecular flexibility index (Phi) is 3.13. The molecule has 0 fully saturated rings. The van der Waals surface area contributed by atoms with E-state index in [0.29, 0.717) is 0 Å². The number of aromatic nitrogens is 1. The molecular weight excluding hydrogens is 228 g/mol. The number of carbonyl (C=O) groups is 1. The quantitative estimate of drug-likeness (QED) is 0.768. The molecule has 0 N–H and O–H groups in total. The Bertz CT molecular complexity index is 436. The number of rotatable bonds is 4. The van der Waals surface area contributed by atoms with E-state index in [0.717, 1.165) is 28.4 Å². The van der Waals surface area contributed by atoms with Gasteiger partial charge in [0, 0.05) is 12.4 Å². The molecule has 2 rings (SSSR count). The number of hydrogen-bond acceptors (Lipinski definition) is 5. The highest BCUT2D eigenvalue weighted by molar-refractivity contribution is 7.17. The van der Waals surface area contributed by atoms with E-state index in [1.54, 1.807) is 11.3 Å². The van der Waals surface area contributed by atoms with Gasteiger partial charge in [0.15, 0.2) is 6.29 Å². The first kappa shape index (κ1) is 10.3. The molecule has 0 bridgehead atoms. The fourth-order valence-electron chi connectivity index (χ4n) is 1.25. The lowest BCUT2D eigenvalue weighted by Crippen LogP contribution is -2.14. The van der Waals surface area contributed by atoms with E-state index in [1.165, 1.54) is 11.3 Å². The van der Waals surface area contributed by atoms with Gasteiger partial charge in [-0.3, -0.25) is 4.79 Å². The molecule has 0 aliphatic rings. The second-order valence-corrected chi connectivity index (χ2v) is 4.94. The van der Waals surface area contributed by atoms with E-state index in [-0.39, 0.29) is 0 Å². The van der Waals surface area contributed by atoms with E-state index in [1.807, 2.05) is 30.1 Å². The molecule has 0 unspecified atom stereocenters. The number of carbonyl (C=O) groups excluding carboxylic acids is 1. The minimum Gasteiger partial charge on any atom is -0.361 e. The fourth-order valence-corrected chi connectivity index (χ4v) is 2.58. The fraction of sp³-hybridized carbons (Fsp3) is 0.200. The molecule has 0 aromatic carbocycles. The molecule has 0 spiro atoms. The lowest BCUT2D eigenvalue weighted by Gasteiger charge is -2.14. The average Bonchev–Trinajstić information content (AvgIpc) is 2.86. The van der Waals surface area contributed by atoms with Gasteiger partial charge in [-0.05, 0) is 12.1 Å². The van der Waals surface area contributed by atoms with Gasteiger partial charge < -0.3 is 4.90 Å². The van der Waals surface area contributed by atoms with E-state index in [9.17, 15) is 4.79 Å². The van der Waals surface area contributed by atoms with E-state index >= 15 is 0 Å². The van der Waals surface area contributed by atoms with Crippen molar-refractivity contribution in [1.82, 2.24) is 4.98 Å². The van der Waals surface area contributed by atoms with Crippen LogP contribution in [0.4, 0.5) is 5.00 Å². The van der Waals surface area contributed by atoms with Gasteiger partial charge in [0.2, 0.25) is 0 Å². The van der Waals surface area contributed by atoms with Gasteiger partial charge in [-0.15, -0.1) is 22.7 Å². The predicted octanol–water partition coefficient (Wildman–Crippen LogP) is 2.65. The van der Waals surface area contributed by atoms with E-state index in [2.05, 4.69) is 9.88 Å². The number of thiazole rings is 1. The molecule has 3 nitrogen and oxygen atoms in total. The van der Waals surface area contributed by atoms with Crippen molar-refractivity contribution in [3.8, 4) is 0 Å². The van der Waals surface area contributed by atoms with Crippen LogP contribution in [0.2, 0.25) is 0 Å². The van der Waals surface area contributed by atoms with Crippen LogP contribution in [0, 0.1) is 0 Å². The van der Waals surface area contributed by atoms with Crippen LogP contribution in [-0.4, -0.2) is 18.3 Å². The summed E-state index contributed by atoms with van der Waals surface area (Å²) in [6.07, 6.45) is 0.880. The highest BCUT2D eigenvalue weighted by Gasteiger charge is 2.06.